The number of imidazole rings is 1. The molecule has 2 amide bonds. The van der Waals surface area contributed by atoms with Gasteiger partial charge in [0.15, 0.2) is 5.82 Å². The molecule has 3 aromatic heterocycles. The molecule has 1 unspecified atom stereocenters. The van der Waals surface area contributed by atoms with Crippen LogP contribution in [-0.4, -0.2) is 57.9 Å². The van der Waals surface area contributed by atoms with Crippen molar-refractivity contribution in [2.45, 2.75) is 38.3 Å². The highest BCUT2D eigenvalue weighted by atomic mass is 35.5. The van der Waals surface area contributed by atoms with Gasteiger partial charge in [-0.1, -0.05) is 11.6 Å². The van der Waals surface area contributed by atoms with E-state index in [0.29, 0.717) is 41.3 Å². The number of H-pyrrole nitrogens is 1. The van der Waals surface area contributed by atoms with Crippen LogP contribution in [0, 0.1) is 5.82 Å². The van der Waals surface area contributed by atoms with Crippen LogP contribution in [0.25, 0.3) is 22.5 Å². The van der Waals surface area contributed by atoms with Crippen molar-refractivity contribution in [1.82, 2.24) is 40.1 Å². The number of pyridine rings is 1. The monoisotopic (exact) mass is 533 g/mol. The summed E-state index contributed by atoms with van der Waals surface area (Å²) in [7, 11) is 0. The van der Waals surface area contributed by atoms with Crippen molar-refractivity contribution in [3.8, 4) is 16.9 Å². The Hall–Kier alpha value is -4.45. The van der Waals surface area contributed by atoms with Crippen LogP contribution in [0.4, 0.5) is 10.1 Å². The van der Waals surface area contributed by atoms with E-state index in [2.05, 4.69) is 35.8 Å². The predicted octanol–water partition coefficient (Wildman–Crippen LogP) is 3.72. The first-order valence-corrected chi connectivity index (χ1v) is 12.3. The molecular formula is C25H21ClFN9O2. The normalized spacial score (nSPS) is 18.9. The Balaban J connectivity index is 1.31. The Labute approximate surface area is 220 Å². The maximum atomic E-state index is 15.3. The molecule has 0 saturated carbocycles. The zero-order valence-electron chi connectivity index (χ0n) is 20.1. The fourth-order valence-electron chi connectivity index (χ4n) is 5.27. The van der Waals surface area contributed by atoms with Gasteiger partial charge in [-0.25, -0.2) is 9.37 Å². The van der Waals surface area contributed by atoms with Gasteiger partial charge in [0, 0.05) is 36.4 Å². The minimum atomic E-state index is -0.621. The standard InChI is InChI=1S/C25H21ClFN9O2/c1-13(37)31-18-10-28-7-6-16(18)19-11-29-25(32-19)21-4-2-15-8-14(9-22(38)36(15)21)23-20(35-12-30-33-34-35)5-3-17(26)24(23)27/h3,5-7,9-12,15,21H,2,4,8H2,1H3,(H,29,32)(H,31,37)/t15?,21-/m0/s1. The van der Waals surface area contributed by atoms with Gasteiger partial charge in [-0.15, -0.1) is 5.10 Å². The molecule has 2 aliphatic heterocycles. The van der Waals surface area contributed by atoms with Gasteiger partial charge in [0.2, 0.25) is 11.8 Å². The largest absolute Gasteiger partial charge is 0.340 e. The van der Waals surface area contributed by atoms with E-state index in [4.69, 9.17) is 11.6 Å². The van der Waals surface area contributed by atoms with Gasteiger partial charge in [-0.3, -0.25) is 14.6 Å². The highest BCUT2D eigenvalue weighted by Crippen LogP contribution is 2.44. The summed E-state index contributed by atoms with van der Waals surface area (Å²) >= 11 is 6.11. The molecule has 0 bridgehead atoms. The Morgan fingerprint density at radius 1 is 1.24 bits per heavy atom. The third-order valence-corrected chi connectivity index (χ3v) is 7.12. The minimum absolute atomic E-state index is 0.0465. The van der Waals surface area contributed by atoms with Gasteiger partial charge in [0.05, 0.1) is 40.5 Å². The molecule has 1 aromatic carbocycles. The van der Waals surface area contributed by atoms with Gasteiger partial charge >= 0.3 is 0 Å². The van der Waals surface area contributed by atoms with Gasteiger partial charge in [0.1, 0.15) is 12.2 Å². The summed E-state index contributed by atoms with van der Waals surface area (Å²) in [6.45, 7) is 1.43. The van der Waals surface area contributed by atoms with Crippen LogP contribution >= 0.6 is 11.6 Å². The molecule has 5 heterocycles. The lowest BCUT2D eigenvalue weighted by molar-refractivity contribution is -0.129. The lowest BCUT2D eigenvalue weighted by Crippen LogP contribution is -2.39. The molecule has 13 heteroatoms. The van der Waals surface area contributed by atoms with Gasteiger partial charge in [-0.2, -0.15) is 4.68 Å². The van der Waals surface area contributed by atoms with E-state index in [0.717, 1.165) is 12.0 Å². The summed E-state index contributed by atoms with van der Waals surface area (Å²) in [5, 5.41) is 13.9. The Morgan fingerprint density at radius 3 is 2.89 bits per heavy atom. The lowest BCUT2D eigenvalue weighted by atomic mass is 9.92. The molecule has 11 nitrogen and oxygen atoms in total. The van der Waals surface area contributed by atoms with Crippen molar-refractivity contribution in [2.24, 2.45) is 0 Å². The smallest absolute Gasteiger partial charge is 0.247 e. The van der Waals surface area contributed by atoms with E-state index in [1.807, 2.05) is 0 Å². The second kappa shape index (κ2) is 9.45. The van der Waals surface area contributed by atoms with Crippen LogP contribution in [0.5, 0.6) is 0 Å². The Morgan fingerprint density at radius 2 is 2.11 bits per heavy atom. The van der Waals surface area contributed by atoms with E-state index in [-0.39, 0.29) is 34.5 Å². The van der Waals surface area contributed by atoms with E-state index in [9.17, 15) is 9.59 Å². The number of aromatic nitrogens is 7. The van der Waals surface area contributed by atoms with Crippen LogP contribution < -0.4 is 5.32 Å². The van der Waals surface area contributed by atoms with Gasteiger partial charge < -0.3 is 15.2 Å². The zero-order valence-corrected chi connectivity index (χ0v) is 20.9. The number of carbonyl (C=O) groups is 2. The summed E-state index contributed by atoms with van der Waals surface area (Å²) in [6.07, 6.45) is 9.56. The van der Waals surface area contributed by atoms with Crippen molar-refractivity contribution in [3.05, 3.63) is 71.4 Å². The third-order valence-electron chi connectivity index (χ3n) is 6.83. The van der Waals surface area contributed by atoms with Crippen molar-refractivity contribution < 1.29 is 14.0 Å². The predicted molar refractivity (Wildman–Crippen MR) is 135 cm³/mol. The lowest BCUT2D eigenvalue weighted by Gasteiger charge is -2.33. The second-order valence-electron chi connectivity index (χ2n) is 9.16. The van der Waals surface area contributed by atoms with Crippen molar-refractivity contribution in [1.29, 1.82) is 0 Å². The number of amides is 2. The molecule has 1 fully saturated rings. The SMILES string of the molecule is CC(=O)Nc1cnccc1-c1cnc([C@@H]2CCC3CC(c4c(-n5cnnn5)ccc(Cl)c4F)=CC(=O)N32)[nH]1. The third kappa shape index (κ3) is 4.12. The first-order chi connectivity index (χ1) is 18.4. The zero-order chi connectivity index (χ0) is 26.4. The first-order valence-electron chi connectivity index (χ1n) is 11.9. The number of anilines is 1. The van der Waals surface area contributed by atoms with E-state index < -0.39 is 5.82 Å². The summed E-state index contributed by atoms with van der Waals surface area (Å²) < 4.78 is 16.7. The maximum Gasteiger partial charge on any atom is 0.247 e. The van der Waals surface area contributed by atoms with Crippen molar-refractivity contribution in [2.75, 3.05) is 5.32 Å². The van der Waals surface area contributed by atoms with E-state index >= 15 is 4.39 Å². The number of rotatable bonds is 5. The highest BCUT2D eigenvalue weighted by molar-refractivity contribution is 6.31. The van der Waals surface area contributed by atoms with Gasteiger partial charge in [-0.05, 0) is 53.5 Å². The van der Waals surface area contributed by atoms with Crippen molar-refractivity contribution >= 4 is 34.7 Å². The number of aromatic amines is 1. The number of tetrazole rings is 1. The molecule has 0 aliphatic carbocycles. The van der Waals surface area contributed by atoms with Gasteiger partial charge in [0.25, 0.3) is 0 Å². The van der Waals surface area contributed by atoms with E-state index in [1.54, 1.807) is 35.6 Å². The molecule has 6 rings (SSSR count). The number of nitrogens with zero attached hydrogens (tertiary/aromatic N) is 7. The fourth-order valence-corrected chi connectivity index (χ4v) is 5.42. The molecule has 4 aromatic rings. The molecule has 2 N–H and O–H groups in total. The number of carbonyl (C=O) groups excluding carboxylic acids is 2. The quantitative estimate of drug-likeness (QED) is 0.399. The number of fused-ring (bicyclic) bond motifs is 1. The number of hydrogen-bond donors (Lipinski definition) is 2. The van der Waals surface area contributed by atoms with Crippen LogP contribution in [0.1, 0.15) is 43.6 Å². The number of nitrogens with one attached hydrogen (secondary N) is 2. The van der Waals surface area contributed by atoms with Crippen LogP contribution in [-0.2, 0) is 9.59 Å². The van der Waals surface area contributed by atoms with Crippen LogP contribution in [0.15, 0.2) is 49.2 Å². The topological polar surface area (TPSA) is 135 Å². The molecule has 38 heavy (non-hydrogen) atoms. The van der Waals surface area contributed by atoms with Crippen molar-refractivity contribution in [3.63, 3.8) is 0 Å². The average molecular weight is 534 g/mol. The van der Waals surface area contributed by atoms with Crippen LogP contribution in [0.2, 0.25) is 5.02 Å². The Kier molecular flexibility index (Phi) is 5.95. The number of benzene rings is 1. The highest BCUT2D eigenvalue weighted by Gasteiger charge is 2.42. The summed E-state index contributed by atoms with van der Waals surface area (Å²) in [5.41, 5.74) is 3.15. The number of hydrogen-bond acceptors (Lipinski definition) is 7. The average Bonchev–Trinajstić information content (AvgIpc) is 3.66. The van der Waals surface area contributed by atoms with Crippen LogP contribution in [0.3, 0.4) is 0 Å². The Bertz CT molecular complexity index is 1580. The number of halogens is 2. The molecular weight excluding hydrogens is 513 g/mol. The molecule has 0 radical (unpaired) electrons. The maximum absolute atomic E-state index is 15.3. The molecule has 192 valence electrons. The minimum Gasteiger partial charge on any atom is -0.340 e. The summed E-state index contributed by atoms with van der Waals surface area (Å²) in [6, 6.07) is 4.44. The molecule has 2 atom stereocenters. The summed E-state index contributed by atoms with van der Waals surface area (Å²) in [5.74, 6) is -0.425. The molecule has 0 spiro atoms. The first kappa shape index (κ1) is 23.9. The molecule has 1 saturated heterocycles. The second-order valence-corrected chi connectivity index (χ2v) is 9.57. The summed E-state index contributed by atoms with van der Waals surface area (Å²) in [4.78, 5) is 38.8. The fraction of sp³-hybridized carbons (Fsp3) is 0.240. The molecule has 2 aliphatic rings. The van der Waals surface area contributed by atoms with E-state index in [1.165, 1.54) is 30.1 Å².